The highest BCUT2D eigenvalue weighted by Gasteiger charge is 2.16. The molecule has 0 spiro atoms. The Balaban J connectivity index is 2.06. The van der Waals surface area contributed by atoms with E-state index in [4.69, 9.17) is 0 Å². The molecule has 1 aromatic carbocycles. The fourth-order valence-electron chi connectivity index (χ4n) is 2.02. The molecule has 4 heteroatoms. The van der Waals surface area contributed by atoms with Gasteiger partial charge in [0.1, 0.15) is 0 Å². The molecule has 1 aliphatic rings. The summed E-state index contributed by atoms with van der Waals surface area (Å²) in [6.45, 7) is 4.38. The van der Waals surface area contributed by atoms with Crippen molar-refractivity contribution in [2.24, 2.45) is 5.92 Å². The van der Waals surface area contributed by atoms with Gasteiger partial charge in [-0.05, 0) is 31.4 Å². The van der Waals surface area contributed by atoms with Crippen LogP contribution in [0, 0.1) is 12.8 Å². The van der Waals surface area contributed by atoms with Gasteiger partial charge in [-0.15, -0.1) is 0 Å². The fraction of sp³-hybridized carbons (Fsp3) is 0.333. The van der Waals surface area contributed by atoms with E-state index in [-0.39, 0.29) is 0 Å². The minimum atomic E-state index is -3.41. The first-order valence-corrected chi connectivity index (χ1v) is 7.89. The quantitative estimate of drug-likeness (QED) is 0.860. The van der Waals surface area contributed by atoms with E-state index in [2.05, 4.69) is 29.9 Å². The molecule has 1 aliphatic carbocycles. The lowest BCUT2D eigenvalue weighted by Crippen LogP contribution is -2.27. The van der Waals surface area contributed by atoms with Gasteiger partial charge in [0.25, 0.3) is 0 Å². The summed E-state index contributed by atoms with van der Waals surface area (Å²) in [5.41, 5.74) is 2.17. The Morgan fingerprint density at radius 1 is 1.26 bits per heavy atom. The van der Waals surface area contributed by atoms with Gasteiger partial charge in [0.05, 0.1) is 4.90 Å². The third kappa shape index (κ3) is 3.55. The minimum absolute atomic E-state index is 0.300. The SMILES string of the molecule is Cc1ccc(S(=O)(=O)NCC2=CCC=CC2C)cc1. The van der Waals surface area contributed by atoms with Crippen molar-refractivity contribution in [3.05, 3.63) is 53.6 Å². The van der Waals surface area contributed by atoms with E-state index in [9.17, 15) is 8.42 Å². The molecule has 0 bridgehead atoms. The van der Waals surface area contributed by atoms with Crippen LogP contribution in [0.1, 0.15) is 18.9 Å². The number of aryl methyl sites for hydroxylation is 1. The number of hydrogen-bond acceptors (Lipinski definition) is 2. The van der Waals surface area contributed by atoms with Crippen molar-refractivity contribution in [3.8, 4) is 0 Å². The zero-order valence-electron chi connectivity index (χ0n) is 11.3. The third-order valence-corrected chi connectivity index (χ3v) is 4.74. The fourth-order valence-corrected chi connectivity index (χ4v) is 3.04. The molecule has 0 saturated carbocycles. The van der Waals surface area contributed by atoms with Crippen LogP contribution in [-0.2, 0) is 10.0 Å². The van der Waals surface area contributed by atoms with Gasteiger partial charge in [-0.25, -0.2) is 13.1 Å². The molecule has 1 aromatic rings. The highest BCUT2D eigenvalue weighted by atomic mass is 32.2. The summed E-state index contributed by atoms with van der Waals surface area (Å²) in [4.78, 5) is 0.317. The minimum Gasteiger partial charge on any atom is -0.207 e. The lowest BCUT2D eigenvalue weighted by Gasteiger charge is -2.16. The Labute approximate surface area is 115 Å². The predicted octanol–water partition coefficient (Wildman–Crippen LogP) is 2.80. The maximum absolute atomic E-state index is 12.1. The maximum Gasteiger partial charge on any atom is 0.240 e. The van der Waals surface area contributed by atoms with E-state index in [1.165, 1.54) is 0 Å². The zero-order chi connectivity index (χ0) is 13.9. The van der Waals surface area contributed by atoms with E-state index < -0.39 is 10.0 Å². The Morgan fingerprint density at radius 3 is 2.58 bits per heavy atom. The van der Waals surface area contributed by atoms with Gasteiger partial charge in [-0.1, -0.05) is 48.4 Å². The van der Waals surface area contributed by atoms with E-state index in [1.54, 1.807) is 24.3 Å². The van der Waals surface area contributed by atoms with Gasteiger partial charge in [-0.2, -0.15) is 0 Å². The maximum atomic E-state index is 12.1. The third-order valence-electron chi connectivity index (χ3n) is 3.32. The number of allylic oxidation sites excluding steroid dienone is 3. The molecule has 0 saturated heterocycles. The lowest BCUT2D eigenvalue weighted by atomic mass is 9.95. The van der Waals surface area contributed by atoms with Gasteiger partial charge in [0.15, 0.2) is 0 Å². The molecular formula is C15H19NO2S. The molecule has 1 atom stereocenters. The molecule has 0 aromatic heterocycles. The summed E-state index contributed by atoms with van der Waals surface area (Å²) < 4.78 is 26.9. The Morgan fingerprint density at radius 2 is 1.95 bits per heavy atom. The van der Waals surface area contributed by atoms with Crippen molar-refractivity contribution in [1.29, 1.82) is 0 Å². The van der Waals surface area contributed by atoms with Crippen LogP contribution in [0.2, 0.25) is 0 Å². The van der Waals surface area contributed by atoms with Gasteiger partial charge < -0.3 is 0 Å². The van der Waals surface area contributed by atoms with Gasteiger partial charge in [0, 0.05) is 6.54 Å². The molecule has 102 valence electrons. The molecule has 0 radical (unpaired) electrons. The van der Waals surface area contributed by atoms with Crippen LogP contribution in [0.3, 0.4) is 0 Å². The molecule has 0 amide bonds. The standard InChI is InChI=1S/C15H19NO2S/c1-12-7-9-15(10-8-12)19(17,18)16-11-14-6-4-3-5-13(14)2/h3,5-10,13,16H,4,11H2,1-2H3. The lowest BCUT2D eigenvalue weighted by molar-refractivity contribution is 0.582. The molecule has 19 heavy (non-hydrogen) atoms. The highest BCUT2D eigenvalue weighted by molar-refractivity contribution is 7.89. The van der Waals surface area contributed by atoms with Crippen LogP contribution in [0.5, 0.6) is 0 Å². The number of nitrogens with one attached hydrogen (secondary N) is 1. The van der Waals surface area contributed by atoms with Crippen LogP contribution in [0.4, 0.5) is 0 Å². The summed E-state index contributed by atoms with van der Waals surface area (Å²) in [6, 6.07) is 6.88. The van der Waals surface area contributed by atoms with Crippen molar-refractivity contribution < 1.29 is 8.42 Å². The van der Waals surface area contributed by atoms with E-state index in [0.29, 0.717) is 17.4 Å². The normalized spacial score (nSPS) is 19.3. The summed E-state index contributed by atoms with van der Waals surface area (Å²) in [7, 11) is -3.41. The van der Waals surface area contributed by atoms with Crippen molar-refractivity contribution in [1.82, 2.24) is 4.72 Å². The first-order valence-electron chi connectivity index (χ1n) is 6.41. The average Bonchev–Trinajstić information content (AvgIpc) is 2.38. The summed E-state index contributed by atoms with van der Waals surface area (Å²) in [5, 5.41) is 0. The molecule has 0 aliphatic heterocycles. The summed E-state index contributed by atoms with van der Waals surface area (Å²) in [5.74, 6) is 0.300. The second-order valence-corrected chi connectivity index (χ2v) is 6.64. The Kier molecular flexibility index (Phi) is 4.22. The van der Waals surface area contributed by atoms with Gasteiger partial charge in [-0.3, -0.25) is 0 Å². The number of rotatable bonds is 4. The smallest absolute Gasteiger partial charge is 0.207 e. The van der Waals surface area contributed by atoms with E-state index >= 15 is 0 Å². The van der Waals surface area contributed by atoms with Crippen LogP contribution in [0.15, 0.2) is 53.0 Å². The summed E-state index contributed by atoms with van der Waals surface area (Å²) >= 11 is 0. The van der Waals surface area contributed by atoms with Crippen molar-refractivity contribution in [2.45, 2.75) is 25.2 Å². The molecule has 0 heterocycles. The zero-order valence-corrected chi connectivity index (χ0v) is 12.1. The highest BCUT2D eigenvalue weighted by Crippen LogP contribution is 2.18. The van der Waals surface area contributed by atoms with Gasteiger partial charge >= 0.3 is 0 Å². The second kappa shape index (κ2) is 5.72. The topological polar surface area (TPSA) is 46.2 Å². The van der Waals surface area contributed by atoms with E-state index in [0.717, 1.165) is 17.6 Å². The van der Waals surface area contributed by atoms with Gasteiger partial charge in [0.2, 0.25) is 10.0 Å². The number of hydrogen-bond donors (Lipinski definition) is 1. The molecular weight excluding hydrogens is 258 g/mol. The number of benzene rings is 1. The molecule has 3 nitrogen and oxygen atoms in total. The molecule has 1 unspecified atom stereocenters. The molecule has 0 fully saturated rings. The molecule has 2 rings (SSSR count). The second-order valence-electron chi connectivity index (χ2n) is 4.87. The van der Waals surface area contributed by atoms with Crippen LogP contribution in [0.25, 0.3) is 0 Å². The Hall–Kier alpha value is -1.39. The predicted molar refractivity (Wildman–Crippen MR) is 77.4 cm³/mol. The van der Waals surface area contributed by atoms with Crippen molar-refractivity contribution in [2.75, 3.05) is 6.54 Å². The van der Waals surface area contributed by atoms with Crippen molar-refractivity contribution >= 4 is 10.0 Å². The Bertz CT molecular complexity index is 598. The van der Waals surface area contributed by atoms with Crippen molar-refractivity contribution in [3.63, 3.8) is 0 Å². The molecule has 1 N–H and O–H groups in total. The van der Waals surface area contributed by atoms with E-state index in [1.807, 2.05) is 6.92 Å². The summed E-state index contributed by atoms with van der Waals surface area (Å²) in [6.07, 6.45) is 7.17. The monoisotopic (exact) mass is 277 g/mol. The van der Waals surface area contributed by atoms with Crippen LogP contribution < -0.4 is 4.72 Å². The first-order chi connectivity index (χ1) is 8.99. The average molecular weight is 277 g/mol. The number of sulfonamides is 1. The first kappa shape index (κ1) is 14.0. The van der Waals surface area contributed by atoms with Crippen LogP contribution >= 0.6 is 0 Å². The largest absolute Gasteiger partial charge is 0.240 e. The van der Waals surface area contributed by atoms with Crippen LogP contribution in [-0.4, -0.2) is 15.0 Å².